The van der Waals surface area contributed by atoms with Crippen molar-refractivity contribution in [3.05, 3.63) is 25.1 Å². The van der Waals surface area contributed by atoms with E-state index in [2.05, 4.69) is 11.6 Å². The van der Waals surface area contributed by atoms with Gasteiger partial charge in [0.15, 0.2) is 18.8 Å². The Kier molecular flexibility index (Phi) is 7.98. The fraction of sp³-hybridized carbons (Fsp3) is 0.562. The van der Waals surface area contributed by atoms with Gasteiger partial charge in [-0.05, 0) is 6.92 Å². The lowest BCUT2D eigenvalue weighted by Gasteiger charge is -2.37. The Hall–Kier alpha value is -2.03. The molecule has 1 aliphatic rings. The predicted molar refractivity (Wildman–Crippen MR) is 91.0 cm³/mol. The molecule has 8 nitrogen and oxygen atoms in total. The Morgan fingerprint density at radius 1 is 1.33 bits per heavy atom. The van der Waals surface area contributed by atoms with Gasteiger partial charge in [0.05, 0.1) is 33.8 Å². The third-order valence-electron chi connectivity index (χ3n) is 3.54. The topological polar surface area (TPSA) is 107 Å². The van der Waals surface area contributed by atoms with Crippen LogP contribution in [0.1, 0.15) is 20.3 Å². The molecule has 0 aromatic carbocycles. The molecule has 1 aliphatic heterocycles. The summed E-state index contributed by atoms with van der Waals surface area (Å²) in [5.74, 6) is -1.12. The number of hydrogen-bond donors (Lipinski definition) is 3. The molecule has 0 amide bonds. The van der Waals surface area contributed by atoms with Crippen molar-refractivity contribution in [1.29, 1.82) is 0 Å². The van der Waals surface area contributed by atoms with Crippen LogP contribution in [-0.4, -0.2) is 82.0 Å². The van der Waals surface area contributed by atoms with Crippen molar-refractivity contribution in [2.75, 3.05) is 27.7 Å². The summed E-state index contributed by atoms with van der Waals surface area (Å²) in [4.78, 5) is 25.2. The molecule has 3 atom stereocenters. The van der Waals surface area contributed by atoms with E-state index < -0.39 is 24.2 Å². The van der Waals surface area contributed by atoms with Gasteiger partial charge < -0.3 is 19.8 Å². The standard InChI is InChI=1S/C11H16N2O3.C5H11NO2/c1-4-5-10-12-6-7-13(10,9(3)14)8(2)11(15)16;1-6(2,3)4-5(7)8/h4,6-9,14H,1,5H2,2-3H3;4H2,1-3H3/p+2. The second kappa shape index (κ2) is 8.72. The minimum atomic E-state index is -0.968. The molecular formula is C16H29N3O5+2. The van der Waals surface area contributed by atoms with Crippen molar-refractivity contribution < 1.29 is 33.9 Å². The summed E-state index contributed by atoms with van der Waals surface area (Å²) < 4.78 is 0.330. The van der Waals surface area contributed by atoms with Crippen LogP contribution in [0.15, 0.2) is 30.0 Å². The highest BCUT2D eigenvalue weighted by Crippen LogP contribution is 2.27. The number of carboxylic acid groups (broad SMARTS) is 2. The number of carboxylic acids is 2. The second-order valence-electron chi connectivity index (χ2n) is 6.66. The van der Waals surface area contributed by atoms with E-state index in [1.165, 1.54) is 6.20 Å². The van der Waals surface area contributed by atoms with Gasteiger partial charge in [-0.15, -0.1) is 6.58 Å². The molecule has 136 valence electrons. The van der Waals surface area contributed by atoms with Crippen LogP contribution in [0.4, 0.5) is 0 Å². The van der Waals surface area contributed by atoms with E-state index in [1.807, 2.05) is 21.1 Å². The van der Waals surface area contributed by atoms with Crippen molar-refractivity contribution in [2.45, 2.75) is 32.5 Å². The molecule has 0 aromatic heterocycles. The maximum Gasteiger partial charge on any atom is 0.363 e. The fourth-order valence-electron chi connectivity index (χ4n) is 2.36. The molecule has 0 bridgehead atoms. The lowest BCUT2D eigenvalue weighted by atomic mass is 10.1. The van der Waals surface area contributed by atoms with Crippen molar-refractivity contribution in [3.63, 3.8) is 0 Å². The van der Waals surface area contributed by atoms with Crippen LogP contribution in [0.2, 0.25) is 0 Å². The highest BCUT2D eigenvalue weighted by Gasteiger charge is 2.47. The summed E-state index contributed by atoms with van der Waals surface area (Å²) in [6, 6.07) is -0.780. The molecular weight excluding hydrogens is 314 g/mol. The summed E-state index contributed by atoms with van der Waals surface area (Å²) >= 11 is 0. The van der Waals surface area contributed by atoms with Crippen LogP contribution in [0.25, 0.3) is 0 Å². The maximum atomic E-state index is 11.1. The first kappa shape index (κ1) is 22.0. The largest absolute Gasteiger partial charge is 0.477 e. The lowest BCUT2D eigenvalue weighted by molar-refractivity contribution is -0.862. The number of likely N-dealkylation sites (N-methyl/N-ethyl adjacent to an activating group) is 1. The van der Waals surface area contributed by atoms with Crippen LogP contribution in [0.3, 0.4) is 0 Å². The van der Waals surface area contributed by atoms with Gasteiger partial charge in [0.2, 0.25) is 5.84 Å². The Labute approximate surface area is 142 Å². The smallest absolute Gasteiger partial charge is 0.363 e. The zero-order valence-electron chi connectivity index (χ0n) is 15.0. The summed E-state index contributed by atoms with van der Waals surface area (Å²) in [6.07, 6.45) is 4.39. The molecule has 0 fully saturated rings. The van der Waals surface area contributed by atoms with Gasteiger partial charge in [-0.1, -0.05) is 6.08 Å². The third-order valence-corrected chi connectivity index (χ3v) is 3.54. The fourth-order valence-corrected chi connectivity index (χ4v) is 2.36. The summed E-state index contributed by atoms with van der Waals surface area (Å²) in [5, 5.41) is 27.2. The van der Waals surface area contributed by atoms with E-state index in [0.29, 0.717) is 16.7 Å². The van der Waals surface area contributed by atoms with E-state index >= 15 is 0 Å². The first-order chi connectivity index (χ1) is 10.9. The zero-order valence-corrected chi connectivity index (χ0v) is 15.0. The number of carbonyl (C=O) groups is 2. The number of quaternary nitrogens is 2. The molecule has 0 spiro atoms. The molecule has 1 rings (SSSR count). The van der Waals surface area contributed by atoms with Crippen LogP contribution >= 0.6 is 0 Å². The molecule has 1 heterocycles. The maximum absolute atomic E-state index is 11.1. The molecule has 0 aliphatic carbocycles. The quantitative estimate of drug-likeness (QED) is 0.469. The third kappa shape index (κ3) is 5.88. The summed E-state index contributed by atoms with van der Waals surface area (Å²) in [6.45, 7) is 6.91. The van der Waals surface area contributed by atoms with Gasteiger partial charge >= 0.3 is 11.9 Å². The first-order valence-corrected chi connectivity index (χ1v) is 7.55. The van der Waals surface area contributed by atoms with Crippen LogP contribution in [0.5, 0.6) is 0 Å². The monoisotopic (exact) mass is 343 g/mol. The number of aliphatic imine (C=N–C) groups is 1. The second-order valence-corrected chi connectivity index (χ2v) is 6.66. The summed E-state index contributed by atoms with van der Waals surface area (Å²) in [5.41, 5.74) is 0. The van der Waals surface area contributed by atoms with Gasteiger partial charge in [-0.2, -0.15) is 0 Å². The number of rotatable bonds is 7. The van der Waals surface area contributed by atoms with E-state index in [0.717, 1.165) is 0 Å². The van der Waals surface area contributed by atoms with Gasteiger partial charge in [0, 0.05) is 6.92 Å². The molecule has 0 radical (unpaired) electrons. The molecule has 0 saturated heterocycles. The minimum absolute atomic E-state index is 0.151. The number of hydrogen-bond acceptors (Lipinski definition) is 4. The van der Waals surface area contributed by atoms with E-state index in [-0.39, 0.29) is 11.0 Å². The Morgan fingerprint density at radius 2 is 1.88 bits per heavy atom. The molecule has 8 heteroatoms. The average Bonchev–Trinajstić information content (AvgIpc) is 2.80. The number of amidine groups is 1. The van der Waals surface area contributed by atoms with Crippen LogP contribution < -0.4 is 0 Å². The van der Waals surface area contributed by atoms with E-state index in [9.17, 15) is 14.7 Å². The van der Waals surface area contributed by atoms with E-state index in [1.54, 1.807) is 26.1 Å². The highest BCUT2D eigenvalue weighted by molar-refractivity contribution is 5.83. The number of aliphatic carboxylic acids is 2. The van der Waals surface area contributed by atoms with Crippen molar-refractivity contribution in [2.24, 2.45) is 4.99 Å². The van der Waals surface area contributed by atoms with Crippen molar-refractivity contribution >= 4 is 17.8 Å². The predicted octanol–water partition coefficient (Wildman–Crippen LogP) is 0.851. The normalized spacial score (nSPS) is 22.0. The van der Waals surface area contributed by atoms with Crippen molar-refractivity contribution in [3.8, 4) is 0 Å². The van der Waals surface area contributed by atoms with Gasteiger partial charge in [-0.3, -0.25) is 0 Å². The number of aliphatic hydroxyl groups is 1. The minimum Gasteiger partial charge on any atom is -0.477 e. The Bertz CT molecular complexity index is 534. The molecule has 24 heavy (non-hydrogen) atoms. The molecule has 0 saturated carbocycles. The average molecular weight is 343 g/mol. The molecule has 0 aromatic rings. The van der Waals surface area contributed by atoms with Crippen molar-refractivity contribution in [1.82, 2.24) is 0 Å². The summed E-state index contributed by atoms with van der Waals surface area (Å²) in [7, 11) is 5.52. The van der Waals surface area contributed by atoms with Crippen LogP contribution in [-0.2, 0) is 9.59 Å². The molecule has 3 N–H and O–H groups in total. The number of aliphatic hydroxyl groups excluding tert-OH is 1. The highest BCUT2D eigenvalue weighted by atomic mass is 16.4. The first-order valence-electron chi connectivity index (χ1n) is 7.55. The van der Waals surface area contributed by atoms with E-state index in [4.69, 9.17) is 10.2 Å². The van der Waals surface area contributed by atoms with Gasteiger partial charge in [-0.25, -0.2) is 19.1 Å². The number of nitrogens with zero attached hydrogens (tertiary/aromatic N) is 3. The SMILES string of the molecule is C=CCC1=NC=C[N+]1(C(C)O)C(C)C(=O)O.C[N+](C)(C)CC(=O)O. The van der Waals surface area contributed by atoms with Crippen LogP contribution in [0, 0.1) is 0 Å². The van der Waals surface area contributed by atoms with Gasteiger partial charge in [0.1, 0.15) is 6.20 Å². The molecule has 3 unspecified atom stereocenters. The Balaban J connectivity index is 0.000000561. The van der Waals surface area contributed by atoms with Gasteiger partial charge in [0.25, 0.3) is 0 Å². The lowest BCUT2D eigenvalue weighted by Crippen LogP contribution is -2.60. The zero-order chi connectivity index (χ0) is 19.1. The Morgan fingerprint density at radius 3 is 2.17 bits per heavy atom.